The van der Waals surface area contributed by atoms with Gasteiger partial charge in [0, 0.05) is 32.7 Å². The molecular formula is C25H35N3O3S. The van der Waals surface area contributed by atoms with Crippen LogP contribution in [0.5, 0.6) is 0 Å². The molecule has 1 atom stereocenters. The average molecular weight is 458 g/mol. The highest BCUT2D eigenvalue weighted by Gasteiger charge is 2.29. The van der Waals surface area contributed by atoms with Crippen molar-refractivity contribution in [2.45, 2.75) is 43.9 Å². The molecule has 1 fully saturated rings. The van der Waals surface area contributed by atoms with Crippen molar-refractivity contribution in [3.05, 3.63) is 65.7 Å². The third-order valence-electron chi connectivity index (χ3n) is 6.03. The molecular weight excluding hydrogens is 422 g/mol. The molecule has 1 aliphatic heterocycles. The fourth-order valence-corrected chi connectivity index (χ4v) is 5.25. The molecule has 1 saturated heterocycles. The van der Waals surface area contributed by atoms with Crippen molar-refractivity contribution >= 4 is 15.9 Å². The lowest BCUT2D eigenvalue weighted by molar-refractivity contribution is -0.122. The van der Waals surface area contributed by atoms with E-state index in [1.165, 1.54) is 9.87 Å². The number of amides is 1. The molecule has 0 aromatic heterocycles. The maximum Gasteiger partial charge on any atom is 0.243 e. The van der Waals surface area contributed by atoms with Crippen LogP contribution in [0.25, 0.3) is 0 Å². The standard InChI is InChI=1S/C25H35N3O3S/c1-20(21-8-6-5-7-9-21)18-26-24(29)19-27-14-16-28(17-15-27)32(30,31)23-12-10-22(11-13-23)25(2,3)4/h5-13,20H,14-19H2,1-4H3,(H,26,29)/t20-/m1/s1. The van der Waals surface area contributed by atoms with Crippen molar-refractivity contribution < 1.29 is 13.2 Å². The molecule has 7 heteroatoms. The van der Waals surface area contributed by atoms with E-state index in [1.807, 2.05) is 35.2 Å². The van der Waals surface area contributed by atoms with Crippen molar-refractivity contribution in [1.29, 1.82) is 0 Å². The van der Waals surface area contributed by atoms with Gasteiger partial charge in [-0.1, -0.05) is 70.2 Å². The Hall–Kier alpha value is -2.22. The molecule has 6 nitrogen and oxygen atoms in total. The van der Waals surface area contributed by atoms with E-state index >= 15 is 0 Å². The molecule has 1 N–H and O–H groups in total. The Morgan fingerprint density at radius 2 is 1.56 bits per heavy atom. The van der Waals surface area contributed by atoms with Gasteiger partial charge in [-0.2, -0.15) is 4.31 Å². The predicted molar refractivity (Wildman–Crippen MR) is 128 cm³/mol. The van der Waals surface area contributed by atoms with E-state index in [2.05, 4.69) is 45.1 Å². The summed E-state index contributed by atoms with van der Waals surface area (Å²) in [5.41, 5.74) is 2.28. The SMILES string of the molecule is C[C@H](CNC(=O)CN1CCN(S(=O)(=O)c2ccc(C(C)(C)C)cc2)CC1)c1ccccc1. The molecule has 0 unspecified atom stereocenters. The Morgan fingerprint density at radius 1 is 0.969 bits per heavy atom. The van der Waals surface area contributed by atoms with Crippen LogP contribution in [0.15, 0.2) is 59.5 Å². The number of nitrogens with one attached hydrogen (secondary N) is 1. The Morgan fingerprint density at radius 3 is 2.12 bits per heavy atom. The van der Waals surface area contributed by atoms with Crippen molar-refractivity contribution in [1.82, 2.24) is 14.5 Å². The third kappa shape index (κ3) is 6.18. The van der Waals surface area contributed by atoms with Crippen LogP contribution in [0.3, 0.4) is 0 Å². The molecule has 3 rings (SSSR count). The lowest BCUT2D eigenvalue weighted by Gasteiger charge is -2.33. The Balaban J connectivity index is 1.48. The van der Waals surface area contributed by atoms with Crippen LogP contribution in [0.1, 0.15) is 44.7 Å². The molecule has 32 heavy (non-hydrogen) atoms. The first-order valence-corrected chi connectivity index (χ1v) is 12.7. The van der Waals surface area contributed by atoms with Crippen LogP contribution >= 0.6 is 0 Å². The van der Waals surface area contributed by atoms with Crippen LogP contribution in [-0.4, -0.2) is 62.8 Å². The van der Waals surface area contributed by atoms with E-state index in [0.717, 1.165) is 5.56 Å². The zero-order chi connectivity index (χ0) is 23.4. The number of carbonyl (C=O) groups excluding carboxylic acids is 1. The molecule has 1 aliphatic rings. The summed E-state index contributed by atoms with van der Waals surface area (Å²) in [6, 6.07) is 17.3. The topological polar surface area (TPSA) is 69.7 Å². The Kier molecular flexibility index (Phi) is 7.75. The maximum atomic E-state index is 13.0. The van der Waals surface area contributed by atoms with Gasteiger partial charge >= 0.3 is 0 Å². The summed E-state index contributed by atoms with van der Waals surface area (Å²) in [6.07, 6.45) is 0. The van der Waals surface area contributed by atoms with Crippen LogP contribution in [0, 0.1) is 0 Å². The summed E-state index contributed by atoms with van der Waals surface area (Å²) < 4.78 is 27.6. The molecule has 2 aromatic rings. The molecule has 0 aliphatic carbocycles. The quantitative estimate of drug-likeness (QED) is 0.693. The van der Waals surface area contributed by atoms with Gasteiger partial charge in [-0.3, -0.25) is 9.69 Å². The summed E-state index contributed by atoms with van der Waals surface area (Å²) in [5, 5.41) is 3.00. The zero-order valence-electron chi connectivity index (χ0n) is 19.5. The molecule has 2 aromatic carbocycles. The zero-order valence-corrected chi connectivity index (χ0v) is 20.4. The number of benzene rings is 2. The highest BCUT2D eigenvalue weighted by atomic mass is 32.2. The first-order valence-electron chi connectivity index (χ1n) is 11.2. The number of rotatable bonds is 7. The minimum atomic E-state index is -3.52. The number of nitrogens with zero attached hydrogens (tertiary/aromatic N) is 2. The molecule has 174 valence electrons. The Bertz CT molecular complexity index is 991. The number of piperazine rings is 1. The van der Waals surface area contributed by atoms with E-state index in [0.29, 0.717) is 37.6 Å². The number of hydrogen-bond acceptors (Lipinski definition) is 4. The van der Waals surface area contributed by atoms with Crippen LogP contribution in [-0.2, 0) is 20.2 Å². The second kappa shape index (κ2) is 10.1. The fourth-order valence-electron chi connectivity index (χ4n) is 3.83. The van der Waals surface area contributed by atoms with Gasteiger partial charge in [-0.25, -0.2) is 8.42 Å². The fraction of sp³-hybridized carbons (Fsp3) is 0.480. The van der Waals surface area contributed by atoms with Gasteiger partial charge in [0.25, 0.3) is 0 Å². The first-order chi connectivity index (χ1) is 15.1. The number of carbonyl (C=O) groups is 1. The summed E-state index contributed by atoms with van der Waals surface area (Å²) in [4.78, 5) is 14.7. The molecule has 0 spiro atoms. The highest BCUT2D eigenvalue weighted by molar-refractivity contribution is 7.89. The molecule has 0 bridgehead atoms. The van der Waals surface area contributed by atoms with Gasteiger partial charge < -0.3 is 5.32 Å². The summed E-state index contributed by atoms with van der Waals surface area (Å²) in [5.74, 6) is 0.216. The van der Waals surface area contributed by atoms with E-state index in [-0.39, 0.29) is 23.8 Å². The molecule has 0 saturated carbocycles. The van der Waals surface area contributed by atoms with Crippen molar-refractivity contribution in [2.24, 2.45) is 0 Å². The van der Waals surface area contributed by atoms with Gasteiger partial charge in [0.15, 0.2) is 0 Å². The second-order valence-corrected chi connectivity index (χ2v) is 11.5. The summed E-state index contributed by atoms with van der Waals surface area (Å²) >= 11 is 0. The number of sulfonamides is 1. The van der Waals surface area contributed by atoms with Crippen LogP contribution in [0.4, 0.5) is 0 Å². The van der Waals surface area contributed by atoms with Crippen molar-refractivity contribution in [3.8, 4) is 0 Å². The minimum Gasteiger partial charge on any atom is -0.354 e. The summed E-state index contributed by atoms with van der Waals surface area (Å²) in [6.45, 7) is 11.1. The van der Waals surface area contributed by atoms with E-state index in [9.17, 15) is 13.2 Å². The monoisotopic (exact) mass is 457 g/mol. The van der Waals surface area contributed by atoms with Crippen molar-refractivity contribution in [2.75, 3.05) is 39.3 Å². The molecule has 0 radical (unpaired) electrons. The maximum absolute atomic E-state index is 13.0. The minimum absolute atomic E-state index is 0.0205. The molecule has 1 heterocycles. The third-order valence-corrected chi connectivity index (χ3v) is 7.94. The summed E-state index contributed by atoms with van der Waals surface area (Å²) in [7, 11) is -3.52. The normalized spacial score (nSPS) is 17.1. The highest BCUT2D eigenvalue weighted by Crippen LogP contribution is 2.25. The van der Waals surface area contributed by atoms with E-state index in [4.69, 9.17) is 0 Å². The van der Waals surface area contributed by atoms with Crippen LogP contribution < -0.4 is 5.32 Å². The van der Waals surface area contributed by atoms with Gasteiger partial charge in [-0.15, -0.1) is 0 Å². The van der Waals surface area contributed by atoms with Gasteiger partial charge in [0.1, 0.15) is 0 Å². The Labute approximate surface area is 192 Å². The average Bonchev–Trinajstić information content (AvgIpc) is 2.78. The largest absolute Gasteiger partial charge is 0.354 e. The number of hydrogen-bond donors (Lipinski definition) is 1. The van der Waals surface area contributed by atoms with Gasteiger partial charge in [0.05, 0.1) is 11.4 Å². The van der Waals surface area contributed by atoms with Crippen LogP contribution in [0.2, 0.25) is 0 Å². The smallest absolute Gasteiger partial charge is 0.243 e. The second-order valence-electron chi connectivity index (χ2n) is 9.57. The van der Waals surface area contributed by atoms with Gasteiger partial charge in [0.2, 0.25) is 15.9 Å². The lowest BCUT2D eigenvalue weighted by Crippen LogP contribution is -2.51. The van der Waals surface area contributed by atoms with E-state index in [1.54, 1.807) is 12.1 Å². The van der Waals surface area contributed by atoms with Gasteiger partial charge in [-0.05, 0) is 34.6 Å². The molecule has 1 amide bonds. The first kappa shape index (κ1) is 24.4. The van der Waals surface area contributed by atoms with E-state index < -0.39 is 10.0 Å². The lowest BCUT2D eigenvalue weighted by atomic mass is 9.87. The van der Waals surface area contributed by atoms with Crippen molar-refractivity contribution in [3.63, 3.8) is 0 Å². The predicted octanol–water partition coefficient (Wildman–Crippen LogP) is 3.21.